The van der Waals surface area contributed by atoms with Gasteiger partial charge in [0, 0.05) is 32.0 Å². The molecule has 2 aromatic heterocycles. The summed E-state index contributed by atoms with van der Waals surface area (Å²) in [5.74, 6) is -0.521. The molecular formula is C17H21N3O3S. The van der Waals surface area contributed by atoms with E-state index in [0.29, 0.717) is 22.8 Å². The highest BCUT2D eigenvalue weighted by Gasteiger charge is 2.20. The molecule has 0 atom stereocenters. The number of hydrogen-bond donors (Lipinski definition) is 0. The first-order valence-electron chi connectivity index (χ1n) is 7.52. The van der Waals surface area contributed by atoms with Crippen molar-refractivity contribution in [3.05, 3.63) is 52.0 Å². The van der Waals surface area contributed by atoms with Gasteiger partial charge in [-0.25, -0.2) is 4.79 Å². The fourth-order valence-electron chi connectivity index (χ4n) is 2.10. The first kappa shape index (κ1) is 18.1. The average Bonchev–Trinajstić information content (AvgIpc) is 3.08. The second-order valence-corrected chi connectivity index (χ2v) is 6.63. The Bertz CT molecular complexity index is 685. The molecule has 0 radical (unpaired) electrons. The van der Waals surface area contributed by atoms with Crippen LogP contribution >= 0.6 is 11.3 Å². The highest BCUT2D eigenvalue weighted by molar-refractivity contribution is 7.15. The van der Waals surface area contributed by atoms with Crippen LogP contribution in [0.2, 0.25) is 0 Å². The largest absolute Gasteiger partial charge is 0.465 e. The second-order valence-electron chi connectivity index (χ2n) is 5.55. The van der Waals surface area contributed by atoms with Gasteiger partial charge in [-0.15, -0.1) is 11.3 Å². The summed E-state index contributed by atoms with van der Waals surface area (Å²) in [5, 5.41) is 0. The smallest absolute Gasteiger partial charge is 0.348 e. The quantitative estimate of drug-likeness (QED) is 0.718. The molecule has 2 rings (SSSR count). The molecule has 0 aliphatic heterocycles. The minimum absolute atomic E-state index is 0.0964. The number of esters is 1. The summed E-state index contributed by atoms with van der Waals surface area (Å²) in [6.07, 6.45) is 3.46. The average molecular weight is 347 g/mol. The van der Waals surface area contributed by atoms with E-state index in [1.54, 1.807) is 29.4 Å². The van der Waals surface area contributed by atoms with Gasteiger partial charge in [-0.2, -0.15) is 0 Å². The summed E-state index contributed by atoms with van der Waals surface area (Å²) in [6.45, 7) is 1.82. The number of amides is 1. The summed E-state index contributed by atoms with van der Waals surface area (Å²) in [5.41, 5.74) is 0.967. The standard InChI is InChI=1S/C17H21N3O3S/c1-19(2)9-10-20(12-13-5-4-8-18-11-13)16(21)14-6-7-15(24-14)17(22)23-3/h4-8,11H,9-10,12H2,1-3H3. The number of likely N-dealkylation sites (N-methyl/N-ethyl adjacent to an activating group) is 1. The lowest BCUT2D eigenvalue weighted by molar-refractivity contribution is 0.0606. The van der Waals surface area contributed by atoms with Crippen molar-refractivity contribution in [2.24, 2.45) is 0 Å². The molecule has 24 heavy (non-hydrogen) atoms. The zero-order chi connectivity index (χ0) is 17.5. The van der Waals surface area contributed by atoms with Crippen LogP contribution in [0.1, 0.15) is 24.9 Å². The van der Waals surface area contributed by atoms with Crippen LogP contribution in [0.25, 0.3) is 0 Å². The van der Waals surface area contributed by atoms with Gasteiger partial charge < -0.3 is 14.5 Å². The Kier molecular flexibility index (Phi) is 6.45. The molecule has 0 aromatic carbocycles. The molecule has 0 unspecified atom stereocenters. The molecule has 0 fully saturated rings. The van der Waals surface area contributed by atoms with Crippen molar-refractivity contribution in [1.82, 2.24) is 14.8 Å². The fraction of sp³-hybridized carbons (Fsp3) is 0.353. The van der Waals surface area contributed by atoms with E-state index in [4.69, 9.17) is 4.74 Å². The van der Waals surface area contributed by atoms with Crippen molar-refractivity contribution in [2.45, 2.75) is 6.54 Å². The van der Waals surface area contributed by atoms with Crippen LogP contribution in [0.5, 0.6) is 0 Å². The number of ether oxygens (including phenoxy) is 1. The van der Waals surface area contributed by atoms with Gasteiger partial charge in [0.1, 0.15) is 4.88 Å². The molecule has 0 aliphatic rings. The Morgan fingerprint density at radius 3 is 2.54 bits per heavy atom. The Hall–Kier alpha value is -2.25. The number of carbonyl (C=O) groups excluding carboxylic acids is 2. The summed E-state index contributed by atoms with van der Waals surface area (Å²) < 4.78 is 4.70. The van der Waals surface area contributed by atoms with E-state index in [1.165, 1.54) is 7.11 Å². The van der Waals surface area contributed by atoms with Gasteiger partial charge in [0.15, 0.2) is 0 Å². The summed E-state index contributed by atoms with van der Waals surface area (Å²) in [6, 6.07) is 7.09. The maximum atomic E-state index is 12.8. The molecule has 0 bridgehead atoms. The molecule has 0 N–H and O–H groups in total. The molecule has 0 aliphatic carbocycles. The van der Waals surface area contributed by atoms with Gasteiger partial charge in [-0.05, 0) is 37.9 Å². The first-order chi connectivity index (χ1) is 11.5. The van der Waals surface area contributed by atoms with Gasteiger partial charge >= 0.3 is 5.97 Å². The molecule has 0 saturated heterocycles. The van der Waals surface area contributed by atoms with Crippen molar-refractivity contribution in [1.29, 1.82) is 0 Å². The van der Waals surface area contributed by atoms with Crippen LogP contribution in [-0.4, -0.2) is 61.0 Å². The van der Waals surface area contributed by atoms with Crippen LogP contribution in [0, 0.1) is 0 Å². The van der Waals surface area contributed by atoms with Crippen LogP contribution < -0.4 is 0 Å². The molecule has 128 valence electrons. The van der Waals surface area contributed by atoms with E-state index in [-0.39, 0.29) is 5.91 Å². The van der Waals surface area contributed by atoms with Crippen molar-refractivity contribution >= 4 is 23.2 Å². The second kappa shape index (κ2) is 8.56. The Balaban J connectivity index is 2.16. The van der Waals surface area contributed by atoms with Crippen molar-refractivity contribution in [3.8, 4) is 0 Å². The number of nitrogens with zero attached hydrogens (tertiary/aromatic N) is 3. The maximum absolute atomic E-state index is 12.8. The lowest BCUT2D eigenvalue weighted by atomic mass is 10.2. The van der Waals surface area contributed by atoms with E-state index in [0.717, 1.165) is 23.4 Å². The predicted molar refractivity (Wildman–Crippen MR) is 93.2 cm³/mol. The third-order valence-corrected chi connectivity index (χ3v) is 4.46. The third-order valence-electron chi connectivity index (χ3n) is 3.40. The number of aromatic nitrogens is 1. The van der Waals surface area contributed by atoms with Gasteiger partial charge in [0.05, 0.1) is 12.0 Å². The lowest BCUT2D eigenvalue weighted by Gasteiger charge is -2.24. The van der Waals surface area contributed by atoms with Gasteiger partial charge in [0.2, 0.25) is 0 Å². The topological polar surface area (TPSA) is 62.7 Å². The molecule has 0 spiro atoms. The van der Waals surface area contributed by atoms with Gasteiger partial charge in [-0.3, -0.25) is 9.78 Å². The molecule has 6 nitrogen and oxygen atoms in total. The Morgan fingerprint density at radius 1 is 1.17 bits per heavy atom. The molecule has 1 amide bonds. The fourth-order valence-corrected chi connectivity index (χ4v) is 3.00. The summed E-state index contributed by atoms with van der Waals surface area (Å²) >= 11 is 1.15. The molecule has 7 heteroatoms. The van der Waals surface area contributed by atoms with E-state index in [2.05, 4.69) is 4.98 Å². The van der Waals surface area contributed by atoms with E-state index in [1.807, 2.05) is 31.1 Å². The monoisotopic (exact) mass is 347 g/mol. The molecule has 0 saturated carbocycles. The number of thiophene rings is 1. The SMILES string of the molecule is COC(=O)c1ccc(C(=O)N(CCN(C)C)Cc2cccnc2)s1. The highest BCUT2D eigenvalue weighted by atomic mass is 32.1. The number of carbonyl (C=O) groups is 2. The maximum Gasteiger partial charge on any atom is 0.348 e. The number of pyridine rings is 1. The lowest BCUT2D eigenvalue weighted by Crippen LogP contribution is -2.35. The summed E-state index contributed by atoms with van der Waals surface area (Å²) in [4.78, 5) is 33.2. The zero-order valence-electron chi connectivity index (χ0n) is 14.1. The van der Waals surface area contributed by atoms with Crippen LogP contribution in [0.4, 0.5) is 0 Å². The third kappa shape index (κ3) is 4.87. The van der Waals surface area contributed by atoms with E-state index < -0.39 is 5.97 Å². The molecular weight excluding hydrogens is 326 g/mol. The van der Waals surface area contributed by atoms with Gasteiger partial charge in [-0.1, -0.05) is 6.07 Å². The Labute approximate surface area is 145 Å². The first-order valence-corrected chi connectivity index (χ1v) is 8.34. The van der Waals surface area contributed by atoms with Crippen LogP contribution in [0.15, 0.2) is 36.7 Å². The summed E-state index contributed by atoms with van der Waals surface area (Å²) in [7, 11) is 5.26. The molecule has 2 heterocycles. The van der Waals surface area contributed by atoms with Crippen molar-refractivity contribution in [3.63, 3.8) is 0 Å². The Morgan fingerprint density at radius 2 is 1.92 bits per heavy atom. The normalized spacial score (nSPS) is 10.7. The predicted octanol–water partition coefficient (Wildman–Crippen LogP) is 2.13. The highest BCUT2D eigenvalue weighted by Crippen LogP contribution is 2.20. The van der Waals surface area contributed by atoms with Crippen LogP contribution in [0.3, 0.4) is 0 Å². The van der Waals surface area contributed by atoms with Gasteiger partial charge in [0.25, 0.3) is 5.91 Å². The van der Waals surface area contributed by atoms with E-state index >= 15 is 0 Å². The number of rotatable bonds is 7. The number of hydrogen-bond acceptors (Lipinski definition) is 6. The number of methoxy groups -OCH3 is 1. The minimum Gasteiger partial charge on any atom is -0.465 e. The van der Waals surface area contributed by atoms with Crippen molar-refractivity contribution < 1.29 is 14.3 Å². The minimum atomic E-state index is -0.425. The van der Waals surface area contributed by atoms with Crippen LogP contribution in [-0.2, 0) is 11.3 Å². The molecule has 2 aromatic rings. The van der Waals surface area contributed by atoms with E-state index in [9.17, 15) is 9.59 Å². The zero-order valence-corrected chi connectivity index (χ0v) is 14.9. The van der Waals surface area contributed by atoms with Crippen molar-refractivity contribution in [2.75, 3.05) is 34.3 Å².